The molecule has 1 fully saturated rings. The summed E-state index contributed by atoms with van der Waals surface area (Å²) in [7, 11) is 0. The van der Waals surface area contributed by atoms with Crippen molar-refractivity contribution in [2.45, 2.75) is 19.4 Å². The summed E-state index contributed by atoms with van der Waals surface area (Å²) in [5.41, 5.74) is 6.26. The predicted octanol–water partition coefficient (Wildman–Crippen LogP) is 0.500. The fourth-order valence-electron chi connectivity index (χ4n) is 2.44. The standard InChI is InChI=1S/C15H21N3O2/c16-14(19)7-9-18(11-12-4-2-1-3-5-12)15(20)13-6-8-17-10-13/h1-5,13,17H,6-11H2,(H2,16,19). The van der Waals surface area contributed by atoms with E-state index in [4.69, 9.17) is 5.73 Å². The van der Waals surface area contributed by atoms with Gasteiger partial charge in [0.2, 0.25) is 11.8 Å². The van der Waals surface area contributed by atoms with Gasteiger partial charge in [-0.3, -0.25) is 9.59 Å². The second-order valence-electron chi connectivity index (χ2n) is 5.15. The SMILES string of the molecule is NC(=O)CCN(Cc1ccccc1)C(=O)C1CCNC1. The van der Waals surface area contributed by atoms with Crippen molar-refractivity contribution in [3.8, 4) is 0 Å². The first-order valence-corrected chi connectivity index (χ1v) is 6.98. The Morgan fingerprint density at radius 3 is 2.65 bits per heavy atom. The third-order valence-electron chi connectivity index (χ3n) is 3.57. The quantitative estimate of drug-likeness (QED) is 0.794. The fourth-order valence-corrected chi connectivity index (χ4v) is 2.44. The van der Waals surface area contributed by atoms with E-state index in [0.29, 0.717) is 13.1 Å². The zero-order chi connectivity index (χ0) is 14.4. The lowest BCUT2D eigenvalue weighted by atomic mass is 10.1. The zero-order valence-corrected chi connectivity index (χ0v) is 11.5. The molecule has 108 valence electrons. The lowest BCUT2D eigenvalue weighted by Crippen LogP contribution is -2.38. The molecule has 0 radical (unpaired) electrons. The van der Waals surface area contributed by atoms with E-state index in [1.165, 1.54) is 0 Å². The molecular formula is C15H21N3O2. The van der Waals surface area contributed by atoms with E-state index in [0.717, 1.165) is 25.1 Å². The highest BCUT2D eigenvalue weighted by atomic mass is 16.2. The van der Waals surface area contributed by atoms with Crippen LogP contribution in [0.4, 0.5) is 0 Å². The van der Waals surface area contributed by atoms with Crippen LogP contribution in [0.1, 0.15) is 18.4 Å². The molecule has 0 saturated carbocycles. The molecule has 2 amide bonds. The summed E-state index contributed by atoms with van der Waals surface area (Å²) < 4.78 is 0. The third kappa shape index (κ3) is 4.06. The monoisotopic (exact) mass is 275 g/mol. The predicted molar refractivity (Wildman–Crippen MR) is 76.6 cm³/mol. The summed E-state index contributed by atoms with van der Waals surface area (Å²) in [5.74, 6) is -0.243. The second kappa shape index (κ2) is 7.05. The molecule has 1 saturated heterocycles. The first-order chi connectivity index (χ1) is 9.66. The molecule has 1 aliphatic rings. The average Bonchev–Trinajstić information content (AvgIpc) is 2.97. The Bertz CT molecular complexity index is 455. The number of carbonyl (C=O) groups is 2. The van der Waals surface area contributed by atoms with Crippen LogP contribution < -0.4 is 11.1 Å². The van der Waals surface area contributed by atoms with E-state index in [1.807, 2.05) is 30.3 Å². The highest BCUT2D eigenvalue weighted by molar-refractivity contribution is 5.80. The second-order valence-corrected chi connectivity index (χ2v) is 5.15. The summed E-state index contributed by atoms with van der Waals surface area (Å²) in [5, 5.41) is 3.20. The van der Waals surface area contributed by atoms with E-state index in [2.05, 4.69) is 5.32 Å². The molecule has 0 aromatic heterocycles. The minimum Gasteiger partial charge on any atom is -0.370 e. The maximum absolute atomic E-state index is 12.5. The van der Waals surface area contributed by atoms with Gasteiger partial charge in [-0.2, -0.15) is 0 Å². The van der Waals surface area contributed by atoms with Crippen molar-refractivity contribution in [1.29, 1.82) is 0 Å². The van der Waals surface area contributed by atoms with Gasteiger partial charge < -0.3 is 16.0 Å². The van der Waals surface area contributed by atoms with Gasteiger partial charge >= 0.3 is 0 Å². The van der Waals surface area contributed by atoms with Crippen molar-refractivity contribution >= 4 is 11.8 Å². The van der Waals surface area contributed by atoms with E-state index in [9.17, 15) is 9.59 Å². The first-order valence-electron chi connectivity index (χ1n) is 6.98. The fraction of sp³-hybridized carbons (Fsp3) is 0.467. The van der Waals surface area contributed by atoms with E-state index in [1.54, 1.807) is 4.90 Å². The number of amides is 2. The number of nitrogens with one attached hydrogen (secondary N) is 1. The number of hydrogen-bond donors (Lipinski definition) is 2. The number of rotatable bonds is 6. The molecule has 1 aromatic rings. The van der Waals surface area contributed by atoms with Crippen LogP contribution in [-0.2, 0) is 16.1 Å². The topological polar surface area (TPSA) is 75.4 Å². The van der Waals surface area contributed by atoms with Crippen LogP contribution in [-0.4, -0.2) is 36.3 Å². The largest absolute Gasteiger partial charge is 0.370 e. The van der Waals surface area contributed by atoms with Gasteiger partial charge in [-0.1, -0.05) is 30.3 Å². The summed E-state index contributed by atoms with van der Waals surface area (Å²) >= 11 is 0. The molecule has 0 bridgehead atoms. The van der Waals surface area contributed by atoms with E-state index >= 15 is 0 Å². The van der Waals surface area contributed by atoms with Gasteiger partial charge in [0.05, 0.1) is 5.92 Å². The number of carbonyl (C=O) groups excluding carboxylic acids is 2. The maximum Gasteiger partial charge on any atom is 0.227 e. The van der Waals surface area contributed by atoms with Crippen LogP contribution in [0.2, 0.25) is 0 Å². The lowest BCUT2D eigenvalue weighted by molar-refractivity contribution is -0.136. The number of primary amides is 1. The Hall–Kier alpha value is -1.88. The van der Waals surface area contributed by atoms with Crippen molar-refractivity contribution in [3.05, 3.63) is 35.9 Å². The number of benzene rings is 1. The Labute approximate surface area is 119 Å². The maximum atomic E-state index is 12.5. The molecule has 1 atom stereocenters. The molecule has 3 N–H and O–H groups in total. The molecule has 0 aliphatic carbocycles. The molecule has 0 spiro atoms. The number of nitrogens with two attached hydrogens (primary N) is 1. The summed E-state index contributed by atoms with van der Waals surface area (Å²) in [6, 6.07) is 9.81. The minimum atomic E-state index is -0.375. The van der Waals surface area contributed by atoms with Gasteiger partial charge in [-0.15, -0.1) is 0 Å². The van der Waals surface area contributed by atoms with Gasteiger partial charge in [0.25, 0.3) is 0 Å². The van der Waals surface area contributed by atoms with E-state index in [-0.39, 0.29) is 24.2 Å². The smallest absolute Gasteiger partial charge is 0.227 e. The van der Waals surface area contributed by atoms with Crippen LogP contribution in [0, 0.1) is 5.92 Å². The van der Waals surface area contributed by atoms with Crippen molar-refractivity contribution < 1.29 is 9.59 Å². The highest BCUT2D eigenvalue weighted by Crippen LogP contribution is 2.15. The molecule has 5 heteroatoms. The van der Waals surface area contributed by atoms with Crippen LogP contribution in [0.15, 0.2) is 30.3 Å². The molecule has 1 unspecified atom stereocenters. The molecule has 2 rings (SSSR count). The molecule has 20 heavy (non-hydrogen) atoms. The Kier molecular flexibility index (Phi) is 5.12. The molecular weight excluding hydrogens is 254 g/mol. The van der Waals surface area contributed by atoms with Gasteiger partial charge in [-0.05, 0) is 18.5 Å². The van der Waals surface area contributed by atoms with E-state index < -0.39 is 0 Å². The number of nitrogens with zero attached hydrogens (tertiary/aromatic N) is 1. The summed E-state index contributed by atoms with van der Waals surface area (Å²) in [6.45, 7) is 2.52. The first kappa shape index (κ1) is 14.5. The molecule has 1 aliphatic heterocycles. The van der Waals surface area contributed by atoms with Crippen molar-refractivity contribution in [1.82, 2.24) is 10.2 Å². The minimum absolute atomic E-state index is 0.0200. The van der Waals surface area contributed by atoms with Crippen LogP contribution >= 0.6 is 0 Å². The van der Waals surface area contributed by atoms with Crippen molar-refractivity contribution in [3.63, 3.8) is 0 Å². The van der Waals surface area contributed by atoms with Crippen LogP contribution in [0.25, 0.3) is 0 Å². The third-order valence-corrected chi connectivity index (χ3v) is 3.57. The van der Waals surface area contributed by atoms with Crippen molar-refractivity contribution in [2.24, 2.45) is 11.7 Å². The molecule has 1 aromatic carbocycles. The highest BCUT2D eigenvalue weighted by Gasteiger charge is 2.27. The van der Waals surface area contributed by atoms with Gasteiger partial charge in [0.1, 0.15) is 0 Å². The molecule has 1 heterocycles. The van der Waals surface area contributed by atoms with Gasteiger partial charge in [-0.25, -0.2) is 0 Å². The van der Waals surface area contributed by atoms with Crippen molar-refractivity contribution in [2.75, 3.05) is 19.6 Å². The van der Waals surface area contributed by atoms with Gasteiger partial charge in [0, 0.05) is 26.1 Å². The zero-order valence-electron chi connectivity index (χ0n) is 11.5. The Morgan fingerprint density at radius 1 is 1.30 bits per heavy atom. The summed E-state index contributed by atoms with van der Waals surface area (Å²) in [6.07, 6.45) is 1.07. The molecule has 5 nitrogen and oxygen atoms in total. The average molecular weight is 275 g/mol. The Balaban J connectivity index is 2.03. The van der Waals surface area contributed by atoms with Crippen LogP contribution in [0.5, 0.6) is 0 Å². The lowest BCUT2D eigenvalue weighted by Gasteiger charge is -2.25. The summed E-state index contributed by atoms with van der Waals surface area (Å²) in [4.78, 5) is 25.2. The number of hydrogen-bond acceptors (Lipinski definition) is 3. The van der Waals surface area contributed by atoms with Gasteiger partial charge in [0.15, 0.2) is 0 Å². The van der Waals surface area contributed by atoms with Crippen LogP contribution in [0.3, 0.4) is 0 Å². The Morgan fingerprint density at radius 2 is 2.05 bits per heavy atom. The normalized spacial score (nSPS) is 17.9.